The van der Waals surface area contributed by atoms with Gasteiger partial charge in [-0.3, -0.25) is 4.99 Å². The lowest BCUT2D eigenvalue weighted by atomic mass is 9.99. The van der Waals surface area contributed by atoms with Gasteiger partial charge in [-0.25, -0.2) is 4.39 Å². The first-order valence-corrected chi connectivity index (χ1v) is 10.7. The summed E-state index contributed by atoms with van der Waals surface area (Å²) >= 11 is 6.23. The van der Waals surface area contributed by atoms with Gasteiger partial charge in [0.05, 0.1) is 6.54 Å². The van der Waals surface area contributed by atoms with Crippen LogP contribution in [0.5, 0.6) is 0 Å². The highest BCUT2D eigenvalue weighted by Gasteiger charge is 2.19. The van der Waals surface area contributed by atoms with Gasteiger partial charge in [0.25, 0.3) is 0 Å². The van der Waals surface area contributed by atoms with Gasteiger partial charge in [0.1, 0.15) is 17.5 Å². The van der Waals surface area contributed by atoms with Crippen LogP contribution in [0.3, 0.4) is 0 Å². The average molecular weight is 417 g/mol. The fraction of sp³-hybridized carbons (Fsp3) is 0.435. The summed E-state index contributed by atoms with van der Waals surface area (Å²) in [6.45, 7) is 10.0. The smallest absolute Gasteiger partial charge is 0.132 e. The van der Waals surface area contributed by atoms with Crippen molar-refractivity contribution < 1.29 is 4.39 Å². The lowest BCUT2D eigenvalue weighted by Gasteiger charge is -2.27. The molecule has 1 aromatic rings. The minimum Gasteiger partial charge on any atom is -0.337 e. The van der Waals surface area contributed by atoms with Crippen LogP contribution < -0.4 is 5.32 Å². The molecule has 1 saturated heterocycles. The van der Waals surface area contributed by atoms with Crippen LogP contribution in [0.1, 0.15) is 37.3 Å². The number of nitrogens with zero attached hydrogens (tertiary/aromatic N) is 3. The summed E-state index contributed by atoms with van der Waals surface area (Å²) in [5.74, 6) is 1.18. The number of hydrogen-bond donors (Lipinski definition) is 1. The molecule has 0 aliphatic carbocycles. The molecule has 4 nitrogen and oxygen atoms in total. The van der Waals surface area contributed by atoms with Crippen molar-refractivity contribution in [3.63, 3.8) is 0 Å². The number of nitrogens with one attached hydrogen (secondary N) is 1. The largest absolute Gasteiger partial charge is 0.337 e. The molecule has 0 radical (unpaired) electrons. The predicted molar refractivity (Wildman–Crippen MR) is 121 cm³/mol. The molecule has 156 valence electrons. The summed E-state index contributed by atoms with van der Waals surface area (Å²) in [5, 5.41) is 3.82. The van der Waals surface area contributed by atoms with Crippen LogP contribution in [0, 0.1) is 5.82 Å². The van der Waals surface area contributed by atoms with Crippen molar-refractivity contribution in [2.75, 3.05) is 33.2 Å². The van der Waals surface area contributed by atoms with Crippen molar-refractivity contribution in [1.29, 1.82) is 0 Å². The first-order chi connectivity index (χ1) is 14.0. The number of halogens is 2. The summed E-state index contributed by atoms with van der Waals surface area (Å²) < 4.78 is 14.8. The third kappa shape index (κ3) is 5.28. The van der Waals surface area contributed by atoms with E-state index in [4.69, 9.17) is 16.6 Å². The Bertz CT molecular complexity index is 838. The molecule has 1 aromatic carbocycles. The molecule has 2 aliphatic rings. The fourth-order valence-corrected chi connectivity index (χ4v) is 4.02. The van der Waals surface area contributed by atoms with E-state index in [0.717, 1.165) is 43.2 Å². The molecule has 3 rings (SSSR count). The van der Waals surface area contributed by atoms with Crippen molar-refractivity contribution in [1.82, 2.24) is 15.1 Å². The summed E-state index contributed by atoms with van der Waals surface area (Å²) in [6.07, 6.45) is 9.86. The first-order valence-electron chi connectivity index (χ1n) is 10.3. The minimum absolute atomic E-state index is 0.352. The Labute approximate surface area is 178 Å². The molecule has 6 heteroatoms. The second-order valence-corrected chi connectivity index (χ2v) is 7.91. The zero-order valence-electron chi connectivity index (χ0n) is 17.3. The van der Waals surface area contributed by atoms with Crippen LogP contribution in [0.25, 0.3) is 5.57 Å². The number of allylic oxidation sites excluding steroid dienone is 2. The van der Waals surface area contributed by atoms with Gasteiger partial charge in [0.15, 0.2) is 0 Å². The molecule has 2 aliphatic heterocycles. The summed E-state index contributed by atoms with van der Waals surface area (Å²) in [6, 6.07) is 3.23. The number of rotatable bonds is 7. The van der Waals surface area contributed by atoms with Gasteiger partial charge in [-0.2, -0.15) is 0 Å². The van der Waals surface area contributed by atoms with Gasteiger partial charge in [-0.05, 0) is 56.1 Å². The van der Waals surface area contributed by atoms with Crippen LogP contribution in [0.2, 0.25) is 5.02 Å². The van der Waals surface area contributed by atoms with Gasteiger partial charge in [-0.15, -0.1) is 0 Å². The minimum atomic E-state index is -0.352. The second kappa shape index (κ2) is 10.1. The van der Waals surface area contributed by atoms with Crippen LogP contribution in [0.4, 0.5) is 4.39 Å². The van der Waals surface area contributed by atoms with Gasteiger partial charge in [0, 0.05) is 36.0 Å². The van der Waals surface area contributed by atoms with Gasteiger partial charge in [0.2, 0.25) is 0 Å². The molecular formula is C23H30ClFN4. The van der Waals surface area contributed by atoms with Gasteiger partial charge >= 0.3 is 0 Å². The molecule has 0 unspecified atom stereocenters. The van der Waals surface area contributed by atoms with Crippen LogP contribution in [-0.2, 0) is 6.42 Å². The number of hydrogen-bond acceptors (Lipinski definition) is 3. The van der Waals surface area contributed by atoms with Crippen molar-refractivity contribution in [2.24, 2.45) is 4.99 Å². The third-order valence-corrected chi connectivity index (χ3v) is 5.71. The summed E-state index contributed by atoms with van der Waals surface area (Å²) in [7, 11) is 1.92. The normalized spacial score (nSPS) is 20.3. The van der Waals surface area contributed by atoms with E-state index >= 15 is 0 Å². The Morgan fingerprint density at radius 3 is 2.79 bits per heavy atom. The number of aryl methyl sites for hydroxylation is 1. The zero-order valence-corrected chi connectivity index (χ0v) is 18.1. The summed E-state index contributed by atoms with van der Waals surface area (Å²) in [4.78, 5) is 9.05. The highest BCUT2D eigenvalue weighted by atomic mass is 35.5. The molecule has 0 amide bonds. The molecule has 0 atom stereocenters. The van der Waals surface area contributed by atoms with Crippen molar-refractivity contribution in [3.8, 4) is 0 Å². The van der Waals surface area contributed by atoms with Crippen LogP contribution in [-0.4, -0.2) is 48.9 Å². The van der Waals surface area contributed by atoms with E-state index in [1.807, 2.05) is 30.3 Å². The molecule has 1 fully saturated rings. The van der Waals surface area contributed by atoms with Gasteiger partial charge < -0.3 is 15.1 Å². The van der Waals surface area contributed by atoms with E-state index in [2.05, 4.69) is 23.7 Å². The lowest BCUT2D eigenvalue weighted by molar-refractivity contribution is 0.349. The Balaban J connectivity index is 1.87. The number of likely N-dealkylation sites (tertiary alicyclic amines) is 1. The Morgan fingerprint density at radius 1 is 1.34 bits per heavy atom. The number of aliphatic imine (C=N–C) groups is 1. The van der Waals surface area contributed by atoms with Crippen molar-refractivity contribution in [3.05, 3.63) is 64.9 Å². The Hall–Kier alpha value is -2.11. The van der Waals surface area contributed by atoms with E-state index in [1.54, 1.807) is 6.08 Å². The quantitative estimate of drug-likeness (QED) is 0.690. The fourth-order valence-electron chi connectivity index (χ4n) is 3.77. The van der Waals surface area contributed by atoms with E-state index in [1.165, 1.54) is 32.0 Å². The molecule has 0 spiro atoms. The molecule has 0 aromatic heterocycles. The first kappa shape index (κ1) is 21.6. The highest BCUT2D eigenvalue weighted by molar-refractivity contribution is 6.31. The standard InChI is InChI=1S/C23H30ClFN4/c1-4-8-17-15-19(21(25)16-20(17)24)18(5-2)23-27-22(9-13-28(23)3)26-10-14-29-11-6-7-12-29/h5,9,13,15-16H,2,4,6-8,10-12,14H2,1,3H3,(H,26,27)/b23-18+. The molecule has 0 bridgehead atoms. The van der Waals surface area contributed by atoms with E-state index in [0.29, 0.717) is 16.2 Å². The second-order valence-electron chi connectivity index (χ2n) is 7.51. The predicted octanol–water partition coefficient (Wildman–Crippen LogP) is 4.83. The van der Waals surface area contributed by atoms with Crippen molar-refractivity contribution >= 4 is 23.0 Å². The topological polar surface area (TPSA) is 30.9 Å². The van der Waals surface area contributed by atoms with Crippen LogP contribution in [0.15, 0.2) is 47.9 Å². The SMILES string of the molecule is C=C/C(=C1/NC(=NCCN2CCCC2)C=CN1C)c1cc(CCC)c(Cl)cc1F. The monoisotopic (exact) mass is 416 g/mol. The molecule has 2 heterocycles. The maximum atomic E-state index is 14.8. The summed E-state index contributed by atoms with van der Waals surface area (Å²) in [5.41, 5.74) is 2.13. The Morgan fingerprint density at radius 2 is 2.10 bits per heavy atom. The van der Waals surface area contributed by atoms with Crippen LogP contribution >= 0.6 is 11.6 Å². The van der Waals surface area contributed by atoms with E-state index < -0.39 is 0 Å². The number of amidine groups is 1. The lowest BCUT2D eigenvalue weighted by Crippen LogP contribution is -2.35. The molecule has 1 N–H and O–H groups in total. The molecule has 0 saturated carbocycles. The maximum Gasteiger partial charge on any atom is 0.132 e. The van der Waals surface area contributed by atoms with Gasteiger partial charge in [-0.1, -0.05) is 37.6 Å². The zero-order chi connectivity index (χ0) is 20.8. The Kier molecular flexibility index (Phi) is 7.51. The van der Waals surface area contributed by atoms with E-state index in [9.17, 15) is 4.39 Å². The molecule has 29 heavy (non-hydrogen) atoms. The molecular weight excluding hydrogens is 387 g/mol. The van der Waals surface area contributed by atoms with Crippen molar-refractivity contribution in [2.45, 2.75) is 32.6 Å². The van der Waals surface area contributed by atoms with E-state index in [-0.39, 0.29) is 5.82 Å². The maximum absolute atomic E-state index is 14.8. The average Bonchev–Trinajstić information content (AvgIpc) is 3.21. The highest BCUT2D eigenvalue weighted by Crippen LogP contribution is 2.30. The third-order valence-electron chi connectivity index (χ3n) is 5.36. The number of benzene rings is 1.